The number of ether oxygens (including phenoxy) is 1. The molecule has 0 bridgehead atoms. The molecule has 0 N–H and O–H groups in total. The molecule has 0 amide bonds. The van der Waals surface area contributed by atoms with Gasteiger partial charge in [-0.3, -0.25) is 0 Å². The molecule has 0 aliphatic rings. The standard InChI is InChI=1S/C21H31Cl4N3O2Si/c1-21(2,3)20(30-31(4,5)6)15(28-13-26-12-27-28)9-7-8-10-29-16-11-14(22)17(23)19(25)18(16)24/h11-13,15,20H,7-10H2,1-6H3. The van der Waals surface area contributed by atoms with Gasteiger partial charge in [0.15, 0.2) is 8.32 Å². The number of nitrogens with zero attached hydrogens (tertiary/aromatic N) is 3. The van der Waals surface area contributed by atoms with Crippen LogP contribution in [-0.2, 0) is 4.43 Å². The van der Waals surface area contributed by atoms with E-state index in [0.717, 1.165) is 19.3 Å². The zero-order valence-corrected chi connectivity index (χ0v) is 22.9. The Bertz CT molecular complexity index is 852. The molecule has 174 valence electrons. The molecule has 2 atom stereocenters. The van der Waals surface area contributed by atoms with E-state index in [1.54, 1.807) is 18.7 Å². The molecule has 0 aliphatic heterocycles. The molecule has 10 heteroatoms. The molecule has 5 nitrogen and oxygen atoms in total. The van der Waals surface area contributed by atoms with Gasteiger partial charge in [-0.25, -0.2) is 9.67 Å². The van der Waals surface area contributed by atoms with Crippen LogP contribution in [0, 0.1) is 5.41 Å². The third-order valence-corrected chi connectivity index (χ3v) is 7.38. The van der Waals surface area contributed by atoms with Crippen molar-refractivity contribution < 1.29 is 9.16 Å². The first-order chi connectivity index (χ1) is 14.3. The summed E-state index contributed by atoms with van der Waals surface area (Å²) in [6.45, 7) is 13.7. The van der Waals surface area contributed by atoms with E-state index in [2.05, 4.69) is 50.5 Å². The second-order valence-corrected chi connectivity index (χ2v) is 15.6. The summed E-state index contributed by atoms with van der Waals surface area (Å²) in [6, 6.07) is 1.67. The zero-order valence-electron chi connectivity index (χ0n) is 18.9. The molecule has 1 aromatic carbocycles. The first-order valence-electron chi connectivity index (χ1n) is 10.3. The SMILES string of the molecule is CC(C)(C)C(O[Si](C)(C)C)C(CCCCOc1cc(Cl)c(Cl)c(Cl)c1Cl)n1cncn1. The highest BCUT2D eigenvalue weighted by atomic mass is 35.5. The van der Waals surface area contributed by atoms with Gasteiger partial charge in [-0.1, -0.05) is 67.2 Å². The fourth-order valence-corrected chi connectivity index (χ4v) is 5.43. The van der Waals surface area contributed by atoms with Crippen LogP contribution in [0.3, 0.4) is 0 Å². The quantitative estimate of drug-likeness (QED) is 0.136. The van der Waals surface area contributed by atoms with Gasteiger partial charge in [0.2, 0.25) is 0 Å². The maximum atomic E-state index is 6.63. The van der Waals surface area contributed by atoms with Gasteiger partial charge in [-0.2, -0.15) is 5.10 Å². The fourth-order valence-electron chi connectivity index (χ4n) is 3.32. The summed E-state index contributed by atoms with van der Waals surface area (Å²) >= 11 is 24.4. The Balaban J connectivity index is 2.04. The molecule has 1 aromatic heterocycles. The van der Waals surface area contributed by atoms with E-state index >= 15 is 0 Å². The Labute approximate surface area is 206 Å². The molecule has 0 spiro atoms. The van der Waals surface area contributed by atoms with Crippen molar-refractivity contribution in [1.29, 1.82) is 0 Å². The van der Waals surface area contributed by atoms with Gasteiger partial charge in [0, 0.05) is 6.07 Å². The molecule has 2 unspecified atom stereocenters. The predicted octanol–water partition coefficient (Wildman–Crippen LogP) is 7.95. The molecule has 0 saturated heterocycles. The second-order valence-electron chi connectivity index (χ2n) is 9.60. The van der Waals surface area contributed by atoms with Crippen LogP contribution < -0.4 is 4.74 Å². The number of hydrogen-bond donors (Lipinski definition) is 0. The summed E-state index contributed by atoms with van der Waals surface area (Å²) in [6.07, 6.45) is 5.98. The van der Waals surface area contributed by atoms with Gasteiger partial charge >= 0.3 is 0 Å². The first kappa shape index (κ1) is 26.7. The number of unbranched alkanes of at least 4 members (excludes halogenated alkanes) is 1. The van der Waals surface area contributed by atoms with Gasteiger partial charge in [-0.05, 0) is 44.3 Å². The van der Waals surface area contributed by atoms with E-state index in [0.29, 0.717) is 17.4 Å². The van der Waals surface area contributed by atoms with E-state index in [9.17, 15) is 0 Å². The molecule has 1 heterocycles. The lowest BCUT2D eigenvalue weighted by Gasteiger charge is -2.40. The largest absolute Gasteiger partial charge is 0.492 e. The molecule has 0 saturated carbocycles. The minimum Gasteiger partial charge on any atom is -0.492 e. The highest BCUT2D eigenvalue weighted by Crippen LogP contribution is 2.42. The number of rotatable bonds is 10. The minimum atomic E-state index is -1.76. The van der Waals surface area contributed by atoms with Gasteiger partial charge in [0.25, 0.3) is 0 Å². The number of halogens is 4. The summed E-state index contributed by atoms with van der Waals surface area (Å²) in [4.78, 5) is 4.15. The van der Waals surface area contributed by atoms with Crippen molar-refractivity contribution >= 4 is 54.7 Å². The molecule has 0 fully saturated rings. The van der Waals surface area contributed by atoms with Crippen LogP contribution in [0.4, 0.5) is 0 Å². The smallest absolute Gasteiger partial charge is 0.184 e. The number of benzene rings is 1. The summed E-state index contributed by atoms with van der Waals surface area (Å²) in [5, 5.41) is 5.43. The molecule has 2 aromatic rings. The van der Waals surface area contributed by atoms with Crippen LogP contribution in [0.5, 0.6) is 5.75 Å². The lowest BCUT2D eigenvalue weighted by atomic mass is 9.83. The van der Waals surface area contributed by atoms with Gasteiger partial charge in [-0.15, -0.1) is 0 Å². The fraction of sp³-hybridized carbons (Fsp3) is 0.619. The van der Waals surface area contributed by atoms with Gasteiger partial charge in [0.05, 0.1) is 33.8 Å². The van der Waals surface area contributed by atoms with E-state index in [1.807, 2.05) is 4.68 Å². The Hall–Kier alpha value is -0.503. The number of aromatic nitrogens is 3. The average Bonchev–Trinajstić information content (AvgIpc) is 3.18. The maximum absolute atomic E-state index is 6.63. The van der Waals surface area contributed by atoms with E-state index in [1.165, 1.54) is 0 Å². The highest BCUT2D eigenvalue weighted by Gasteiger charge is 2.37. The summed E-state index contributed by atoms with van der Waals surface area (Å²) in [5.74, 6) is 0.434. The Morgan fingerprint density at radius 2 is 1.71 bits per heavy atom. The van der Waals surface area contributed by atoms with Crippen molar-refractivity contribution in [2.24, 2.45) is 5.41 Å². The van der Waals surface area contributed by atoms with E-state index in [4.69, 9.17) is 55.6 Å². The van der Waals surface area contributed by atoms with Gasteiger partial charge < -0.3 is 9.16 Å². The monoisotopic (exact) mass is 525 g/mol. The normalized spacial score (nSPS) is 14.5. The second kappa shape index (κ2) is 11.1. The zero-order chi connectivity index (χ0) is 23.4. The van der Waals surface area contributed by atoms with Crippen LogP contribution in [0.1, 0.15) is 46.1 Å². The first-order valence-corrected chi connectivity index (χ1v) is 15.2. The van der Waals surface area contributed by atoms with Crippen molar-refractivity contribution in [2.45, 2.75) is 71.8 Å². The maximum Gasteiger partial charge on any atom is 0.184 e. The van der Waals surface area contributed by atoms with Crippen LogP contribution in [0.25, 0.3) is 0 Å². The molecule has 0 radical (unpaired) electrons. The van der Waals surface area contributed by atoms with Crippen LogP contribution in [0.2, 0.25) is 39.7 Å². The lowest BCUT2D eigenvalue weighted by Crippen LogP contribution is -2.44. The van der Waals surface area contributed by atoms with E-state index in [-0.39, 0.29) is 32.6 Å². The third kappa shape index (κ3) is 7.79. The Kier molecular flexibility index (Phi) is 9.56. The van der Waals surface area contributed by atoms with Crippen LogP contribution >= 0.6 is 46.4 Å². The number of hydrogen-bond acceptors (Lipinski definition) is 4. The predicted molar refractivity (Wildman–Crippen MR) is 133 cm³/mol. The van der Waals surface area contributed by atoms with Crippen molar-refractivity contribution in [3.05, 3.63) is 38.8 Å². The average molecular weight is 527 g/mol. The molecule has 31 heavy (non-hydrogen) atoms. The molecular formula is C21H31Cl4N3O2Si. The molecule has 0 aliphatic carbocycles. The van der Waals surface area contributed by atoms with E-state index < -0.39 is 8.32 Å². The topological polar surface area (TPSA) is 49.2 Å². The van der Waals surface area contributed by atoms with Gasteiger partial charge in [0.1, 0.15) is 23.4 Å². The summed E-state index contributed by atoms with van der Waals surface area (Å²) in [5.41, 5.74) is -0.0439. The van der Waals surface area contributed by atoms with Crippen molar-refractivity contribution in [2.75, 3.05) is 6.61 Å². The van der Waals surface area contributed by atoms with Crippen LogP contribution in [-0.4, -0.2) is 35.8 Å². The Morgan fingerprint density at radius 1 is 1.03 bits per heavy atom. The molecule has 2 rings (SSSR count). The van der Waals surface area contributed by atoms with Crippen molar-refractivity contribution in [3.63, 3.8) is 0 Å². The Morgan fingerprint density at radius 3 is 2.26 bits per heavy atom. The van der Waals surface area contributed by atoms with Crippen LogP contribution in [0.15, 0.2) is 18.7 Å². The lowest BCUT2D eigenvalue weighted by molar-refractivity contribution is 0.0232. The summed E-state index contributed by atoms with van der Waals surface area (Å²) < 4.78 is 14.4. The van der Waals surface area contributed by atoms with Crippen molar-refractivity contribution in [3.8, 4) is 5.75 Å². The third-order valence-electron chi connectivity index (χ3n) is 4.68. The molecular weight excluding hydrogens is 496 g/mol. The summed E-state index contributed by atoms with van der Waals surface area (Å²) in [7, 11) is -1.76. The minimum absolute atomic E-state index is 0.0186. The highest BCUT2D eigenvalue weighted by molar-refractivity contribution is 6.69. The van der Waals surface area contributed by atoms with Crippen molar-refractivity contribution in [1.82, 2.24) is 14.8 Å².